The predicted octanol–water partition coefficient (Wildman–Crippen LogP) is 3.41. The fraction of sp³-hybridized carbons (Fsp3) is 1.00. The first-order valence-electron chi connectivity index (χ1n) is 3.68. The third kappa shape index (κ3) is 5.07. The molecule has 0 bridgehead atoms. The lowest BCUT2D eigenvalue weighted by atomic mass is 11.0. The minimum absolute atomic E-state index is 0.637. The van der Waals surface area contributed by atoms with E-state index >= 15 is 0 Å². The third-order valence-corrected chi connectivity index (χ3v) is 8.83. The summed E-state index contributed by atoms with van der Waals surface area (Å²) in [5, 5.41) is 0. The molecular weight excluding hydrogens is 195 g/mol. The van der Waals surface area contributed by atoms with E-state index in [2.05, 4.69) is 19.6 Å². The molecule has 0 amide bonds. The Morgan fingerprint density at radius 1 is 1.45 bits per heavy atom. The Morgan fingerprint density at radius 2 is 1.91 bits per heavy atom. The van der Waals surface area contributed by atoms with E-state index in [1.165, 1.54) is 11.4 Å². The molecule has 0 aromatic heterocycles. The zero-order valence-corrected chi connectivity index (χ0v) is 10.6. The van der Waals surface area contributed by atoms with Crippen LogP contribution >= 0.6 is 18.0 Å². The highest BCUT2D eigenvalue weighted by Gasteiger charge is 2.27. The van der Waals surface area contributed by atoms with Crippen molar-refractivity contribution in [2.45, 2.75) is 26.6 Å². The minimum atomic E-state index is -2.32. The van der Waals surface area contributed by atoms with Gasteiger partial charge in [-0.15, -0.1) is 0 Å². The van der Waals surface area contributed by atoms with Crippen LogP contribution in [0.1, 0.15) is 6.92 Å². The van der Waals surface area contributed by atoms with Crippen molar-refractivity contribution in [1.29, 1.82) is 0 Å². The molecule has 68 valence electrons. The highest BCUT2D eigenvalue weighted by atomic mass is 32.7. The predicted molar refractivity (Wildman–Crippen MR) is 56.1 cm³/mol. The van der Waals surface area contributed by atoms with Gasteiger partial charge in [-0.05, 0) is 25.9 Å². The van der Waals surface area contributed by atoms with Crippen molar-refractivity contribution in [3.05, 3.63) is 0 Å². The van der Waals surface area contributed by atoms with E-state index in [0.717, 1.165) is 0 Å². The smallest absolute Gasteiger partial charge is 0.247 e. The van der Waals surface area contributed by atoms with Crippen LogP contribution in [0, 0.1) is 0 Å². The molecule has 1 unspecified atom stereocenters. The number of rotatable bonds is 4. The van der Waals surface area contributed by atoms with Gasteiger partial charge in [0.2, 0.25) is 6.57 Å². The largest absolute Gasteiger partial charge is 0.363 e. The van der Waals surface area contributed by atoms with Crippen molar-refractivity contribution in [2.24, 2.45) is 0 Å². The molecule has 0 aliphatic carbocycles. The van der Waals surface area contributed by atoms with Crippen molar-refractivity contribution in [2.75, 3.05) is 12.4 Å². The van der Waals surface area contributed by atoms with E-state index in [1.807, 2.05) is 13.2 Å². The molecule has 0 radical (unpaired) electrons. The second-order valence-electron chi connectivity index (χ2n) is 3.31. The van der Waals surface area contributed by atoms with E-state index in [4.69, 9.17) is 4.21 Å². The van der Waals surface area contributed by atoms with Crippen LogP contribution < -0.4 is 0 Å². The summed E-state index contributed by atoms with van der Waals surface area (Å²) in [6.07, 6.45) is 2.49. The maximum Gasteiger partial charge on any atom is 0.247 e. The normalized spacial score (nSPS) is 17.9. The van der Waals surface area contributed by atoms with Gasteiger partial charge in [-0.2, -0.15) is 0 Å². The van der Waals surface area contributed by atoms with E-state index in [0.29, 0.717) is 6.16 Å². The summed E-state index contributed by atoms with van der Waals surface area (Å²) in [6.45, 7) is 5.77. The van der Waals surface area contributed by atoms with Crippen LogP contribution in [0.4, 0.5) is 0 Å². The Kier molecular flexibility index (Phi) is 4.41. The summed E-state index contributed by atoms with van der Waals surface area (Å²) in [4.78, 5) is 0. The summed E-state index contributed by atoms with van der Waals surface area (Å²) >= 11 is 1.37. The molecule has 0 aliphatic heterocycles. The Bertz CT molecular complexity index is 158. The molecule has 11 heavy (non-hydrogen) atoms. The van der Waals surface area contributed by atoms with Gasteiger partial charge in [0.15, 0.2) is 8.32 Å². The van der Waals surface area contributed by atoms with E-state index < -0.39 is 14.9 Å². The van der Waals surface area contributed by atoms with Crippen molar-refractivity contribution in [1.82, 2.24) is 0 Å². The lowest BCUT2D eigenvalue weighted by Crippen LogP contribution is -2.23. The molecule has 5 heteroatoms. The zero-order valence-electron chi connectivity index (χ0n) is 7.88. The minimum Gasteiger partial charge on any atom is -0.363 e. The van der Waals surface area contributed by atoms with Gasteiger partial charge in [-0.3, -0.25) is 4.57 Å². The lowest BCUT2D eigenvalue weighted by Gasteiger charge is -2.23. The standard InChI is InChI=1S/C6H17O2PSSi/c1-6-9(7,10-2)8-11(3,4)5/h6H2,1-5H3. The Morgan fingerprint density at radius 3 is 2.00 bits per heavy atom. The first kappa shape index (κ1) is 11.8. The highest BCUT2D eigenvalue weighted by Crippen LogP contribution is 2.59. The summed E-state index contributed by atoms with van der Waals surface area (Å²) in [5.41, 5.74) is 0. The summed E-state index contributed by atoms with van der Waals surface area (Å²) in [7, 11) is -1.62. The van der Waals surface area contributed by atoms with Crippen LogP contribution in [-0.4, -0.2) is 20.7 Å². The number of hydrogen-bond donors (Lipinski definition) is 0. The van der Waals surface area contributed by atoms with Crippen LogP contribution in [-0.2, 0) is 8.78 Å². The Balaban J connectivity index is 4.21. The summed E-state index contributed by atoms with van der Waals surface area (Å²) in [6, 6.07) is 0. The van der Waals surface area contributed by atoms with E-state index in [9.17, 15) is 4.57 Å². The average molecular weight is 212 g/mol. The van der Waals surface area contributed by atoms with Crippen molar-refractivity contribution in [3.63, 3.8) is 0 Å². The fourth-order valence-electron chi connectivity index (χ4n) is 0.648. The monoisotopic (exact) mass is 212 g/mol. The van der Waals surface area contributed by atoms with Crippen LogP contribution in [0.3, 0.4) is 0 Å². The Labute approximate surface area is 74.4 Å². The molecule has 0 N–H and O–H groups in total. The topological polar surface area (TPSA) is 26.3 Å². The van der Waals surface area contributed by atoms with Crippen LogP contribution in [0.2, 0.25) is 19.6 Å². The van der Waals surface area contributed by atoms with E-state index in [1.54, 1.807) is 0 Å². The molecule has 0 aliphatic rings. The van der Waals surface area contributed by atoms with Crippen LogP contribution in [0.15, 0.2) is 0 Å². The molecule has 1 atom stereocenters. The molecular formula is C6H17O2PSSi. The second-order valence-corrected chi connectivity index (χ2v) is 13.3. The molecule has 0 aromatic carbocycles. The van der Waals surface area contributed by atoms with Gasteiger partial charge in [0.1, 0.15) is 0 Å². The van der Waals surface area contributed by atoms with Crippen LogP contribution in [0.5, 0.6) is 0 Å². The number of hydrogen-bond acceptors (Lipinski definition) is 3. The van der Waals surface area contributed by atoms with Gasteiger partial charge >= 0.3 is 0 Å². The van der Waals surface area contributed by atoms with Gasteiger partial charge in [0.05, 0.1) is 0 Å². The van der Waals surface area contributed by atoms with Gasteiger partial charge in [0, 0.05) is 6.16 Å². The zero-order chi connectivity index (χ0) is 9.12. The summed E-state index contributed by atoms with van der Waals surface area (Å²) < 4.78 is 17.3. The molecule has 0 saturated carbocycles. The quantitative estimate of drug-likeness (QED) is 0.527. The van der Waals surface area contributed by atoms with Gasteiger partial charge in [-0.25, -0.2) is 0 Å². The molecule has 0 heterocycles. The van der Waals surface area contributed by atoms with Crippen molar-refractivity contribution in [3.8, 4) is 0 Å². The van der Waals surface area contributed by atoms with Crippen LogP contribution in [0.25, 0.3) is 0 Å². The molecule has 0 aromatic rings. The highest BCUT2D eigenvalue weighted by molar-refractivity contribution is 8.56. The maximum absolute atomic E-state index is 11.7. The second kappa shape index (κ2) is 4.12. The SMILES string of the molecule is CCP(=O)(O[Si](C)(C)C)SC. The molecule has 2 nitrogen and oxygen atoms in total. The molecule has 0 rings (SSSR count). The van der Waals surface area contributed by atoms with Crippen molar-refractivity contribution >= 4 is 26.3 Å². The van der Waals surface area contributed by atoms with Crippen molar-refractivity contribution < 1.29 is 8.78 Å². The first-order valence-corrected chi connectivity index (χ1v) is 10.7. The van der Waals surface area contributed by atoms with Gasteiger partial charge in [-0.1, -0.05) is 18.3 Å². The molecule has 0 fully saturated rings. The Hall–Kier alpha value is 0.757. The van der Waals surface area contributed by atoms with Gasteiger partial charge < -0.3 is 4.21 Å². The summed E-state index contributed by atoms with van der Waals surface area (Å²) in [5.74, 6) is 0. The molecule has 0 spiro atoms. The van der Waals surface area contributed by atoms with Gasteiger partial charge in [0.25, 0.3) is 0 Å². The lowest BCUT2D eigenvalue weighted by molar-refractivity contribution is 0.500. The first-order chi connectivity index (χ1) is 4.83. The van der Waals surface area contributed by atoms with E-state index in [-0.39, 0.29) is 0 Å². The third-order valence-electron chi connectivity index (χ3n) is 1.08. The maximum atomic E-state index is 11.7. The fourth-order valence-corrected chi connectivity index (χ4v) is 8.52. The average Bonchev–Trinajstić information content (AvgIpc) is 1.84. The molecule has 0 saturated heterocycles.